The Labute approximate surface area is 94.9 Å². The number of hydrogen-bond donors (Lipinski definition) is 0. The minimum atomic E-state index is 0.385. The van der Waals surface area contributed by atoms with Crippen LogP contribution in [-0.4, -0.2) is 6.71 Å². The van der Waals surface area contributed by atoms with Crippen molar-refractivity contribution < 1.29 is 0 Å². The maximum absolute atomic E-state index is 4.30. The number of allylic oxidation sites excluding steroid dienone is 2. The van der Waals surface area contributed by atoms with Crippen LogP contribution in [-0.2, 0) is 0 Å². The van der Waals surface area contributed by atoms with Gasteiger partial charge in [0.25, 0.3) is 0 Å². The van der Waals surface area contributed by atoms with Gasteiger partial charge in [-0.2, -0.15) is 0 Å². The molecular formula is C14H23B. The summed E-state index contributed by atoms with van der Waals surface area (Å²) in [7, 11) is 0. The predicted molar refractivity (Wildman–Crippen MR) is 69.5 cm³/mol. The van der Waals surface area contributed by atoms with Crippen LogP contribution in [0.3, 0.4) is 0 Å². The molecule has 2 atom stereocenters. The second-order valence-electron chi connectivity index (χ2n) is 6.19. The third-order valence-electron chi connectivity index (χ3n) is 4.87. The molecule has 2 unspecified atom stereocenters. The first-order chi connectivity index (χ1) is 7.04. The average Bonchev–Trinajstić information content (AvgIpc) is 2.16. The summed E-state index contributed by atoms with van der Waals surface area (Å²) >= 11 is 0. The SMILES string of the molecule is C=CCB1CC2CC(=C)C(C)(C)C(C1)C2. The molecule has 0 aromatic carbocycles. The quantitative estimate of drug-likeness (QED) is 0.462. The molecule has 1 heterocycles. The molecule has 1 aliphatic heterocycles. The van der Waals surface area contributed by atoms with Crippen molar-refractivity contribution in [2.75, 3.05) is 0 Å². The van der Waals surface area contributed by atoms with Gasteiger partial charge in [-0.3, -0.25) is 0 Å². The van der Waals surface area contributed by atoms with Gasteiger partial charge in [-0.25, -0.2) is 0 Å². The van der Waals surface area contributed by atoms with E-state index in [4.69, 9.17) is 0 Å². The molecule has 0 aromatic rings. The largest absolute Gasteiger partial charge is 0.144 e. The van der Waals surface area contributed by atoms with Crippen molar-refractivity contribution >= 4 is 6.71 Å². The molecule has 2 aliphatic rings. The van der Waals surface area contributed by atoms with E-state index in [1.807, 2.05) is 0 Å². The zero-order chi connectivity index (χ0) is 11.1. The van der Waals surface area contributed by atoms with E-state index in [2.05, 4.69) is 33.1 Å². The smallest absolute Gasteiger partial charge is 0.104 e. The molecular weight excluding hydrogens is 179 g/mol. The van der Waals surface area contributed by atoms with E-state index in [1.54, 1.807) is 0 Å². The molecule has 15 heavy (non-hydrogen) atoms. The van der Waals surface area contributed by atoms with Crippen LogP contribution in [0.5, 0.6) is 0 Å². The van der Waals surface area contributed by atoms with E-state index >= 15 is 0 Å². The first kappa shape index (κ1) is 11.0. The Hall–Kier alpha value is -0.455. The van der Waals surface area contributed by atoms with Crippen molar-refractivity contribution in [1.82, 2.24) is 0 Å². The number of hydrogen-bond acceptors (Lipinski definition) is 0. The van der Waals surface area contributed by atoms with Crippen molar-refractivity contribution in [1.29, 1.82) is 0 Å². The number of rotatable bonds is 2. The van der Waals surface area contributed by atoms with E-state index in [1.165, 1.54) is 37.4 Å². The highest BCUT2D eigenvalue weighted by molar-refractivity contribution is 6.59. The third kappa shape index (κ3) is 1.94. The molecule has 82 valence electrons. The van der Waals surface area contributed by atoms with Crippen molar-refractivity contribution in [3.8, 4) is 0 Å². The second-order valence-corrected chi connectivity index (χ2v) is 6.19. The van der Waals surface area contributed by atoms with Crippen molar-refractivity contribution in [3.05, 3.63) is 24.8 Å². The molecule has 2 rings (SSSR count). The highest BCUT2D eigenvalue weighted by Gasteiger charge is 2.44. The normalized spacial score (nSPS) is 34.0. The van der Waals surface area contributed by atoms with Crippen LogP contribution in [0, 0.1) is 17.3 Å². The summed E-state index contributed by atoms with van der Waals surface area (Å²) in [5.41, 5.74) is 1.89. The summed E-state index contributed by atoms with van der Waals surface area (Å²) in [4.78, 5) is 0. The van der Waals surface area contributed by atoms with Crippen molar-refractivity contribution in [2.24, 2.45) is 17.3 Å². The molecule has 0 aromatic heterocycles. The molecule has 2 bridgehead atoms. The Morgan fingerprint density at radius 2 is 2.20 bits per heavy atom. The lowest BCUT2D eigenvalue weighted by molar-refractivity contribution is 0.176. The Morgan fingerprint density at radius 3 is 2.87 bits per heavy atom. The van der Waals surface area contributed by atoms with Crippen LogP contribution < -0.4 is 0 Å². The molecule has 0 amide bonds. The molecule has 1 aliphatic carbocycles. The minimum Gasteiger partial charge on any atom is -0.104 e. The zero-order valence-electron chi connectivity index (χ0n) is 10.3. The Balaban J connectivity index is 2.12. The first-order valence-corrected chi connectivity index (χ1v) is 6.33. The van der Waals surface area contributed by atoms with Crippen LogP contribution in [0.25, 0.3) is 0 Å². The van der Waals surface area contributed by atoms with Gasteiger partial charge >= 0.3 is 0 Å². The summed E-state index contributed by atoms with van der Waals surface area (Å²) in [6.45, 7) is 13.9. The summed E-state index contributed by atoms with van der Waals surface area (Å²) in [5, 5.41) is 0. The molecule has 0 radical (unpaired) electrons. The topological polar surface area (TPSA) is 0 Å². The lowest BCUT2D eigenvalue weighted by Crippen LogP contribution is -2.41. The van der Waals surface area contributed by atoms with E-state index < -0.39 is 0 Å². The van der Waals surface area contributed by atoms with Crippen LogP contribution in [0.2, 0.25) is 19.0 Å². The van der Waals surface area contributed by atoms with Crippen LogP contribution in [0.15, 0.2) is 24.8 Å². The summed E-state index contributed by atoms with van der Waals surface area (Å²) in [5.74, 6) is 1.80. The molecule has 1 saturated heterocycles. The van der Waals surface area contributed by atoms with Gasteiger partial charge in [-0.05, 0) is 30.1 Å². The van der Waals surface area contributed by atoms with Gasteiger partial charge in [0, 0.05) is 0 Å². The highest BCUT2D eigenvalue weighted by Crippen LogP contribution is 2.53. The minimum absolute atomic E-state index is 0.385. The first-order valence-electron chi connectivity index (χ1n) is 6.33. The lowest BCUT2D eigenvalue weighted by Gasteiger charge is -2.49. The van der Waals surface area contributed by atoms with Gasteiger partial charge in [0.05, 0.1) is 0 Å². The maximum Gasteiger partial charge on any atom is 0.144 e. The maximum atomic E-state index is 4.30. The predicted octanol–water partition coefficient (Wildman–Crippen LogP) is 4.29. The standard InChI is InChI=1S/C14H23B/c1-5-6-15-9-12-7-11(2)14(3,4)13(8-12)10-15/h5,12-13H,1-2,6-10H2,3-4H3. The summed E-state index contributed by atoms with van der Waals surface area (Å²) in [6.07, 6.45) is 8.85. The van der Waals surface area contributed by atoms with Crippen LogP contribution >= 0.6 is 0 Å². The van der Waals surface area contributed by atoms with E-state index in [9.17, 15) is 0 Å². The van der Waals surface area contributed by atoms with Gasteiger partial charge in [0.15, 0.2) is 0 Å². The zero-order valence-corrected chi connectivity index (χ0v) is 10.3. The van der Waals surface area contributed by atoms with E-state index in [0.29, 0.717) is 5.41 Å². The Morgan fingerprint density at radius 1 is 1.47 bits per heavy atom. The van der Waals surface area contributed by atoms with Crippen molar-refractivity contribution in [3.63, 3.8) is 0 Å². The molecule has 0 spiro atoms. The van der Waals surface area contributed by atoms with Gasteiger partial charge < -0.3 is 0 Å². The summed E-state index contributed by atoms with van der Waals surface area (Å²) < 4.78 is 0. The highest BCUT2D eigenvalue weighted by atomic mass is 14.4. The van der Waals surface area contributed by atoms with Gasteiger partial charge in [0.2, 0.25) is 0 Å². The van der Waals surface area contributed by atoms with Gasteiger partial charge in [0.1, 0.15) is 6.71 Å². The van der Waals surface area contributed by atoms with Crippen LogP contribution in [0.1, 0.15) is 26.7 Å². The Kier molecular flexibility index (Phi) is 2.83. The van der Waals surface area contributed by atoms with E-state index in [0.717, 1.165) is 18.5 Å². The van der Waals surface area contributed by atoms with Gasteiger partial charge in [-0.1, -0.05) is 51.0 Å². The molecule has 2 fully saturated rings. The second kappa shape index (κ2) is 3.85. The molecule has 0 N–H and O–H groups in total. The fourth-order valence-electron chi connectivity index (χ4n) is 3.65. The fraction of sp³-hybridized carbons (Fsp3) is 0.714. The van der Waals surface area contributed by atoms with Gasteiger partial charge in [-0.15, -0.1) is 6.58 Å². The fourth-order valence-corrected chi connectivity index (χ4v) is 3.65. The average molecular weight is 202 g/mol. The monoisotopic (exact) mass is 202 g/mol. The number of fused-ring (bicyclic) bond motifs is 2. The lowest BCUT2D eigenvalue weighted by atomic mass is 9.32. The summed E-state index contributed by atoms with van der Waals surface area (Å²) in [6, 6.07) is 0. The van der Waals surface area contributed by atoms with Crippen molar-refractivity contribution in [2.45, 2.75) is 45.6 Å². The molecule has 1 saturated carbocycles. The Bertz CT molecular complexity index is 277. The third-order valence-corrected chi connectivity index (χ3v) is 4.87. The molecule has 1 heteroatoms. The van der Waals surface area contributed by atoms with E-state index in [-0.39, 0.29) is 0 Å². The van der Waals surface area contributed by atoms with Crippen LogP contribution in [0.4, 0.5) is 0 Å². The molecule has 0 nitrogen and oxygen atoms in total.